The second-order valence-corrected chi connectivity index (χ2v) is 3.75. The van der Waals surface area contributed by atoms with Crippen molar-refractivity contribution in [2.45, 2.75) is 19.4 Å². The maximum Gasteiger partial charge on any atom is 0.0820 e. The van der Waals surface area contributed by atoms with Gasteiger partial charge in [0.05, 0.1) is 6.10 Å². The van der Waals surface area contributed by atoms with Crippen LogP contribution in [0.15, 0.2) is 0 Å². The molecule has 1 aliphatic rings. The molecule has 0 aliphatic carbocycles. The molecule has 1 fully saturated rings. The van der Waals surface area contributed by atoms with Crippen LogP contribution in [0.25, 0.3) is 0 Å². The van der Waals surface area contributed by atoms with Gasteiger partial charge in [0.15, 0.2) is 0 Å². The van der Waals surface area contributed by atoms with Gasteiger partial charge >= 0.3 is 0 Å². The Labute approximate surface area is 74.9 Å². The summed E-state index contributed by atoms with van der Waals surface area (Å²) in [5.41, 5.74) is 5.54. The van der Waals surface area contributed by atoms with E-state index in [4.69, 9.17) is 10.5 Å². The Morgan fingerprint density at radius 3 is 2.83 bits per heavy atom. The highest BCUT2D eigenvalue weighted by molar-refractivity contribution is 4.75. The van der Waals surface area contributed by atoms with E-state index in [0.29, 0.717) is 6.54 Å². The molecular weight excluding hydrogens is 152 g/mol. The molecule has 12 heavy (non-hydrogen) atoms. The fourth-order valence-electron chi connectivity index (χ4n) is 1.73. The molecule has 2 atom stereocenters. The van der Waals surface area contributed by atoms with E-state index >= 15 is 0 Å². The fraction of sp³-hybridized carbons (Fsp3) is 1.00. The monoisotopic (exact) mass is 172 g/mol. The van der Waals surface area contributed by atoms with Crippen molar-refractivity contribution in [3.05, 3.63) is 0 Å². The number of hydrogen-bond acceptors (Lipinski definition) is 3. The van der Waals surface area contributed by atoms with Gasteiger partial charge in [-0.2, -0.15) is 0 Å². The normalized spacial score (nSPS) is 27.8. The molecule has 0 spiro atoms. The van der Waals surface area contributed by atoms with Crippen molar-refractivity contribution in [1.82, 2.24) is 4.90 Å². The molecule has 0 aromatic rings. The Balaban J connectivity index is 2.21. The maximum absolute atomic E-state index is 5.54. The molecule has 1 saturated heterocycles. The third-order valence-electron chi connectivity index (χ3n) is 2.57. The number of methoxy groups -OCH3 is 1. The molecular formula is C9H20N2O. The second-order valence-electron chi connectivity index (χ2n) is 3.75. The van der Waals surface area contributed by atoms with Crippen molar-refractivity contribution in [3.63, 3.8) is 0 Å². The zero-order chi connectivity index (χ0) is 8.97. The zero-order valence-electron chi connectivity index (χ0n) is 8.12. The maximum atomic E-state index is 5.54. The third-order valence-corrected chi connectivity index (χ3v) is 2.57. The van der Waals surface area contributed by atoms with Crippen LogP contribution in [0.4, 0.5) is 0 Å². The van der Waals surface area contributed by atoms with Crippen LogP contribution in [0, 0.1) is 5.92 Å². The van der Waals surface area contributed by atoms with Crippen LogP contribution in [-0.4, -0.2) is 44.3 Å². The van der Waals surface area contributed by atoms with Crippen molar-refractivity contribution in [3.8, 4) is 0 Å². The first-order valence-corrected chi connectivity index (χ1v) is 4.71. The minimum Gasteiger partial charge on any atom is -0.379 e. The molecule has 1 rings (SSSR count). The summed E-state index contributed by atoms with van der Waals surface area (Å²) in [6, 6.07) is 0. The van der Waals surface area contributed by atoms with Crippen molar-refractivity contribution < 1.29 is 4.74 Å². The molecule has 3 nitrogen and oxygen atoms in total. The second kappa shape index (κ2) is 4.80. The highest BCUT2D eigenvalue weighted by Gasteiger charge is 2.20. The lowest BCUT2D eigenvalue weighted by atomic mass is 10.2. The third kappa shape index (κ3) is 2.73. The molecule has 0 aromatic heterocycles. The number of likely N-dealkylation sites (tertiary alicyclic amines) is 1. The molecule has 2 N–H and O–H groups in total. The number of ether oxygens (including phenoxy) is 1. The van der Waals surface area contributed by atoms with Gasteiger partial charge in [-0.1, -0.05) is 6.92 Å². The summed E-state index contributed by atoms with van der Waals surface area (Å²) in [4.78, 5) is 2.44. The van der Waals surface area contributed by atoms with E-state index in [9.17, 15) is 0 Å². The van der Waals surface area contributed by atoms with Gasteiger partial charge in [0.1, 0.15) is 0 Å². The van der Waals surface area contributed by atoms with Crippen LogP contribution in [-0.2, 0) is 4.74 Å². The molecule has 1 aliphatic heterocycles. The molecule has 0 radical (unpaired) electrons. The lowest BCUT2D eigenvalue weighted by Crippen LogP contribution is -2.36. The van der Waals surface area contributed by atoms with Crippen molar-refractivity contribution in [2.75, 3.05) is 33.3 Å². The van der Waals surface area contributed by atoms with E-state index in [1.807, 2.05) is 0 Å². The lowest BCUT2D eigenvalue weighted by molar-refractivity contribution is 0.0767. The van der Waals surface area contributed by atoms with Gasteiger partial charge in [-0.3, -0.25) is 0 Å². The average Bonchev–Trinajstić information content (AvgIpc) is 2.47. The Morgan fingerprint density at radius 1 is 1.67 bits per heavy atom. The van der Waals surface area contributed by atoms with Gasteiger partial charge < -0.3 is 15.4 Å². The minimum absolute atomic E-state index is 0.218. The SMILES string of the molecule is COC(CN)CN1CCC(C)C1. The highest BCUT2D eigenvalue weighted by Crippen LogP contribution is 2.15. The summed E-state index contributed by atoms with van der Waals surface area (Å²) in [6.07, 6.45) is 1.54. The van der Waals surface area contributed by atoms with Crippen molar-refractivity contribution in [1.29, 1.82) is 0 Å². The molecule has 0 bridgehead atoms. The summed E-state index contributed by atoms with van der Waals surface area (Å²) in [7, 11) is 1.73. The Kier molecular flexibility index (Phi) is 3.98. The number of hydrogen-bond donors (Lipinski definition) is 1. The number of rotatable bonds is 4. The van der Waals surface area contributed by atoms with E-state index in [-0.39, 0.29) is 6.10 Å². The molecule has 2 unspecified atom stereocenters. The van der Waals surface area contributed by atoms with E-state index in [1.165, 1.54) is 19.5 Å². The van der Waals surface area contributed by atoms with E-state index < -0.39 is 0 Å². The van der Waals surface area contributed by atoms with Crippen LogP contribution in [0.5, 0.6) is 0 Å². The first-order valence-electron chi connectivity index (χ1n) is 4.71. The van der Waals surface area contributed by atoms with Crippen LogP contribution in [0.2, 0.25) is 0 Å². The van der Waals surface area contributed by atoms with Gasteiger partial charge in [-0.05, 0) is 18.9 Å². The minimum atomic E-state index is 0.218. The van der Waals surface area contributed by atoms with Crippen molar-refractivity contribution >= 4 is 0 Å². The van der Waals surface area contributed by atoms with Gasteiger partial charge in [-0.15, -0.1) is 0 Å². The van der Waals surface area contributed by atoms with E-state index in [1.54, 1.807) is 7.11 Å². The smallest absolute Gasteiger partial charge is 0.0820 e. The topological polar surface area (TPSA) is 38.5 Å². The van der Waals surface area contributed by atoms with Crippen LogP contribution in [0.3, 0.4) is 0 Å². The molecule has 3 heteroatoms. The molecule has 1 heterocycles. The molecule has 72 valence electrons. The molecule has 0 aromatic carbocycles. The summed E-state index contributed by atoms with van der Waals surface area (Å²) in [5.74, 6) is 0.847. The Hall–Kier alpha value is -0.120. The zero-order valence-corrected chi connectivity index (χ0v) is 8.12. The fourth-order valence-corrected chi connectivity index (χ4v) is 1.73. The predicted molar refractivity (Wildman–Crippen MR) is 50.1 cm³/mol. The van der Waals surface area contributed by atoms with Gasteiger partial charge in [-0.25, -0.2) is 0 Å². The van der Waals surface area contributed by atoms with Gasteiger partial charge in [0.25, 0.3) is 0 Å². The first-order chi connectivity index (χ1) is 5.76. The molecule has 0 saturated carbocycles. The summed E-state index contributed by atoms with van der Waals surface area (Å²) in [6.45, 7) is 6.34. The summed E-state index contributed by atoms with van der Waals surface area (Å²) >= 11 is 0. The number of nitrogens with two attached hydrogens (primary N) is 1. The largest absolute Gasteiger partial charge is 0.379 e. The highest BCUT2D eigenvalue weighted by atomic mass is 16.5. The summed E-state index contributed by atoms with van der Waals surface area (Å²) < 4.78 is 5.23. The van der Waals surface area contributed by atoms with Crippen LogP contribution in [0.1, 0.15) is 13.3 Å². The molecule has 0 amide bonds. The van der Waals surface area contributed by atoms with Gasteiger partial charge in [0, 0.05) is 26.7 Å². The summed E-state index contributed by atoms with van der Waals surface area (Å²) in [5, 5.41) is 0. The van der Waals surface area contributed by atoms with Crippen molar-refractivity contribution in [2.24, 2.45) is 11.7 Å². The Bertz CT molecular complexity index is 126. The predicted octanol–water partition coefficient (Wildman–Crippen LogP) is 0.302. The lowest BCUT2D eigenvalue weighted by Gasteiger charge is -2.21. The standard InChI is InChI=1S/C9H20N2O/c1-8-3-4-11(6-8)7-9(5-10)12-2/h8-9H,3-7,10H2,1-2H3. The number of nitrogens with zero attached hydrogens (tertiary/aromatic N) is 1. The van der Waals surface area contributed by atoms with E-state index in [2.05, 4.69) is 11.8 Å². The van der Waals surface area contributed by atoms with Crippen LogP contribution >= 0.6 is 0 Å². The quantitative estimate of drug-likeness (QED) is 0.663. The van der Waals surface area contributed by atoms with Crippen LogP contribution < -0.4 is 5.73 Å². The van der Waals surface area contributed by atoms with E-state index in [0.717, 1.165) is 12.5 Å². The first kappa shape index (κ1) is 9.96. The Morgan fingerprint density at radius 2 is 2.42 bits per heavy atom. The average molecular weight is 172 g/mol. The van der Waals surface area contributed by atoms with Gasteiger partial charge in [0.2, 0.25) is 0 Å².